The topological polar surface area (TPSA) is 58.6 Å². The van der Waals surface area contributed by atoms with Crippen LogP contribution in [0.15, 0.2) is 30.3 Å². The maximum Gasteiger partial charge on any atom is 0.308 e. The first-order valence-electron chi connectivity index (χ1n) is 8.82. The molecule has 1 heterocycles. The number of hydrogen-bond acceptors (Lipinski definition) is 4. The lowest BCUT2D eigenvalue weighted by molar-refractivity contribution is -0.146. The van der Waals surface area contributed by atoms with Gasteiger partial charge in [0.2, 0.25) is 5.91 Å². The van der Waals surface area contributed by atoms with Crippen molar-refractivity contribution in [3.05, 3.63) is 30.3 Å². The van der Waals surface area contributed by atoms with Crippen molar-refractivity contribution in [2.24, 2.45) is 5.92 Å². The summed E-state index contributed by atoms with van der Waals surface area (Å²) >= 11 is 0. The second kappa shape index (κ2) is 7.34. The van der Waals surface area contributed by atoms with Gasteiger partial charge in [0.1, 0.15) is 0 Å². The molecule has 130 valence electrons. The molecular weight excluding hydrogens is 304 g/mol. The van der Waals surface area contributed by atoms with Crippen molar-refractivity contribution in [3.63, 3.8) is 0 Å². The van der Waals surface area contributed by atoms with Gasteiger partial charge in [-0.3, -0.25) is 9.59 Å². The molecule has 0 unspecified atom stereocenters. The fourth-order valence-electron chi connectivity index (χ4n) is 3.99. The van der Waals surface area contributed by atoms with Gasteiger partial charge in [0.05, 0.1) is 19.1 Å². The van der Waals surface area contributed by atoms with Crippen LogP contribution >= 0.6 is 0 Å². The smallest absolute Gasteiger partial charge is 0.308 e. The SMILES string of the molecule is COC(=O)C1CCC(N[C@H]2C[C@@H](C)N(c3ccccc3)C2=O)CC1. The second-order valence-electron chi connectivity index (χ2n) is 6.92. The Morgan fingerprint density at radius 2 is 1.83 bits per heavy atom. The van der Waals surface area contributed by atoms with E-state index in [2.05, 4.69) is 12.2 Å². The fraction of sp³-hybridized carbons (Fsp3) is 0.579. The molecule has 3 rings (SSSR count). The molecule has 5 heteroatoms. The summed E-state index contributed by atoms with van der Waals surface area (Å²) in [6.45, 7) is 2.10. The van der Waals surface area contributed by atoms with Crippen molar-refractivity contribution >= 4 is 17.6 Å². The van der Waals surface area contributed by atoms with Gasteiger partial charge < -0.3 is 15.0 Å². The average Bonchev–Trinajstić information content (AvgIpc) is 2.89. The van der Waals surface area contributed by atoms with Crippen molar-refractivity contribution in [2.75, 3.05) is 12.0 Å². The van der Waals surface area contributed by atoms with Crippen LogP contribution in [0.3, 0.4) is 0 Å². The number of esters is 1. The van der Waals surface area contributed by atoms with Gasteiger partial charge in [-0.25, -0.2) is 0 Å². The van der Waals surface area contributed by atoms with E-state index in [-0.39, 0.29) is 29.9 Å². The van der Waals surface area contributed by atoms with E-state index in [1.165, 1.54) is 7.11 Å². The van der Waals surface area contributed by atoms with Crippen molar-refractivity contribution in [1.29, 1.82) is 0 Å². The standard InChI is InChI=1S/C19H26N2O3/c1-13-12-17(18(22)21(13)16-6-4-3-5-7-16)20-15-10-8-14(9-11-15)19(23)24-2/h3-7,13-15,17,20H,8-12H2,1-2H3/t13-,14?,15?,17+/m1/s1. The number of nitrogens with one attached hydrogen (secondary N) is 1. The third-order valence-electron chi connectivity index (χ3n) is 5.29. The first kappa shape index (κ1) is 17.0. The number of methoxy groups -OCH3 is 1. The Morgan fingerprint density at radius 3 is 2.46 bits per heavy atom. The van der Waals surface area contributed by atoms with E-state index in [0.29, 0.717) is 6.04 Å². The molecule has 0 aromatic heterocycles. The Kier molecular flexibility index (Phi) is 5.19. The molecule has 1 aliphatic heterocycles. The largest absolute Gasteiger partial charge is 0.469 e. The van der Waals surface area contributed by atoms with E-state index in [9.17, 15) is 9.59 Å². The molecule has 1 saturated heterocycles. The quantitative estimate of drug-likeness (QED) is 0.862. The predicted molar refractivity (Wildman–Crippen MR) is 92.7 cm³/mol. The maximum atomic E-state index is 12.8. The molecule has 0 spiro atoms. The van der Waals surface area contributed by atoms with Crippen LogP contribution in [-0.2, 0) is 14.3 Å². The van der Waals surface area contributed by atoms with Gasteiger partial charge in [-0.2, -0.15) is 0 Å². The summed E-state index contributed by atoms with van der Waals surface area (Å²) in [6.07, 6.45) is 4.34. The predicted octanol–water partition coefficient (Wildman–Crippen LogP) is 2.50. The molecule has 2 aliphatic rings. The molecule has 1 aromatic carbocycles. The van der Waals surface area contributed by atoms with Crippen molar-refractivity contribution in [1.82, 2.24) is 5.32 Å². The number of carbonyl (C=O) groups is 2. The molecule has 2 atom stereocenters. The third-order valence-corrected chi connectivity index (χ3v) is 5.29. The number of para-hydroxylation sites is 1. The number of hydrogen-bond donors (Lipinski definition) is 1. The van der Waals surface area contributed by atoms with Crippen LogP contribution < -0.4 is 10.2 Å². The molecule has 5 nitrogen and oxygen atoms in total. The van der Waals surface area contributed by atoms with E-state index in [1.807, 2.05) is 35.2 Å². The number of amides is 1. The van der Waals surface area contributed by atoms with Crippen molar-refractivity contribution in [3.8, 4) is 0 Å². The molecule has 1 aliphatic carbocycles. The fourth-order valence-corrected chi connectivity index (χ4v) is 3.99. The zero-order valence-electron chi connectivity index (χ0n) is 14.4. The van der Waals surface area contributed by atoms with Gasteiger partial charge in [0, 0.05) is 17.8 Å². The summed E-state index contributed by atoms with van der Waals surface area (Å²) in [6, 6.07) is 10.2. The van der Waals surface area contributed by atoms with E-state index in [1.54, 1.807) is 0 Å². The minimum atomic E-state index is -0.125. The van der Waals surface area contributed by atoms with Crippen LogP contribution in [-0.4, -0.2) is 37.1 Å². The highest BCUT2D eigenvalue weighted by Gasteiger charge is 2.39. The summed E-state index contributed by atoms with van der Waals surface area (Å²) in [5.41, 5.74) is 0.966. The first-order valence-corrected chi connectivity index (χ1v) is 8.82. The molecule has 0 bridgehead atoms. The molecule has 1 amide bonds. The van der Waals surface area contributed by atoms with Gasteiger partial charge in [0.25, 0.3) is 0 Å². The van der Waals surface area contributed by atoms with Crippen LogP contribution in [0.4, 0.5) is 5.69 Å². The molecule has 1 aromatic rings. The summed E-state index contributed by atoms with van der Waals surface area (Å²) in [5.74, 6) is 0.0742. The summed E-state index contributed by atoms with van der Waals surface area (Å²) < 4.78 is 4.83. The van der Waals surface area contributed by atoms with Gasteiger partial charge >= 0.3 is 5.97 Å². The molecule has 1 N–H and O–H groups in total. The molecule has 24 heavy (non-hydrogen) atoms. The summed E-state index contributed by atoms with van der Waals surface area (Å²) in [5, 5.41) is 3.53. The maximum absolute atomic E-state index is 12.8. The Balaban J connectivity index is 1.57. The van der Waals surface area contributed by atoms with Gasteiger partial charge in [-0.05, 0) is 51.2 Å². The number of nitrogens with zero attached hydrogens (tertiary/aromatic N) is 1. The molecule has 2 fully saturated rings. The number of anilines is 1. The van der Waals surface area contributed by atoms with E-state index < -0.39 is 0 Å². The van der Waals surface area contributed by atoms with E-state index in [4.69, 9.17) is 4.74 Å². The lowest BCUT2D eigenvalue weighted by atomic mass is 9.85. The van der Waals surface area contributed by atoms with E-state index in [0.717, 1.165) is 37.8 Å². The average molecular weight is 330 g/mol. The minimum absolute atomic E-state index is 0.0204. The second-order valence-corrected chi connectivity index (χ2v) is 6.92. The zero-order valence-corrected chi connectivity index (χ0v) is 14.4. The minimum Gasteiger partial charge on any atom is -0.469 e. The molecular formula is C19H26N2O3. The number of benzene rings is 1. The molecule has 0 radical (unpaired) electrons. The third kappa shape index (κ3) is 3.46. The highest BCUT2D eigenvalue weighted by Crippen LogP contribution is 2.29. The summed E-state index contributed by atoms with van der Waals surface area (Å²) in [4.78, 5) is 26.3. The van der Waals surface area contributed by atoms with Crippen LogP contribution in [0.2, 0.25) is 0 Å². The van der Waals surface area contributed by atoms with Crippen molar-refractivity contribution in [2.45, 2.75) is 57.2 Å². The lowest BCUT2D eigenvalue weighted by Crippen LogP contribution is -2.45. The van der Waals surface area contributed by atoms with Gasteiger partial charge in [-0.1, -0.05) is 18.2 Å². The van der Waals surface area contributed by atoms with Gasteiger partial charge in [0.15, 0.2) is 0 Å². The van der Waals surface area contributed by atoms with Gasteiger partial charge in [-0.15, -0.1) is 0 Å². The first-order chi connectivity index (χ1) is 11.6. The van der Waals surface area contributed by atoms with Crippen LogP contribution in [0.1, 0.15) is 39.0 Å². The number of ether oxygens (including phenoxy) is 1. The Labute approximate surface area is 143 Å². The molecule has 1 saturated carbocycles. The monoisotopic (exact) mass is 330 g/mol. The highest BCUT2D eigenvalue weighted by atomic mass is 16.5. The van der Waals surface area contributed by atoms with E-state index >= 15 is 0 Å². The highest BCUT2D eigenvalue weighted by molar-refractivity contribution is 6.00. The normalized spacial score (nSPS) is 30.4. The lowest BCUT2D eigenvalue weighted by Gasteiger charge is -2.29. The van der Waals surface area contributed by atoms with Crippen LogP contribution in [0, 0.1) is 5.92 Å². The van der Waals surface area contributed by atoms with Crippen LogP contribution in [0.25, 0.3) is 0 Å². The Bertz CT molecular complexity index is 582. The Hall–Kier alpha value is -1.88. The number of carbonyl (C=O) groups excluding carboxylic acids is 2. The number of rotatable bonds is 4. The van der Waals surface area contributed by atoms with Crippen molar-refractivity contribution < 1.29 is 14.3 Å². The van der Waals surface area contributed by atoms with Crippen LogP contribution in [0.5, 0.6) is 0 Å². The summed E-state index contributed by atoms with van der Waals surface area (Å²) in [7, 11) is 1.45. The Morgan fingerprint density at radius 1 is 1.17 bits per heavy atom. The zero-order chi connectivity index (χ0) is 17.1.